The van der Waals surface area contributed by atoms with Gasteiger partial charge in [0, 0.05) is 25.2 Å². The van der Waals surface area contributed by atoms with Crippen LogP contribution in [0.4, 0.5) is 0 Å². The molecule has 4 heteroatoms. The van der Waals surface area contributed by atoms with Crippen molar-refractivity contribution < 1.29 is 0 Å². The van der Waals surface area contributed by atoms with Gasteiger partial charge in [0.1, 0.15) is 0 Å². The quantitative estimate of drug-likeness (QED) is 0.652. The van der Waals surface area contributed by atoms with Crippen molar-refractivity contribution >= 4 is 11.8 Å². The molecule has 2 atom stereocenters. The van der Waals surface area contributed by atoms with Crippen LogP contribution in [0.25, 0.3) is 0 Å². The molecule has 28 heavy (non-hydrogen) atoms. The monoisotopic (exact) mass is 401 g/mol. The molecular formula is C24H36ClN3. The lowest BCUT2D eigenvalue weighted by Gasteiger charge is -2.38. The molecule has 3 nitrogen and oxygen atoms in total. The lowest BCUT2D eigenvalue weighted by Crippen LogP contribution is -2.44. The molecule has 1 aliphatic rings. The van der Waals surface area contributed by atoms with E-state index in [0.717, 1.165) is 19.6 Å². The van der Waals surface area contributed by atoms with E-state index in [-0.39, 0.29) is 12.1 Å². The molecule has 0 radical (unpaired) electrons. The topological polar surface area (TPSA) is 18.5 Å². The highest BCUT2D eigenvalue weighted by Crippen LogP contribution is 2.37. The summed E-state index contributed by atoms with van der Waals surface area (Å²) < 4.78 is 1.92. The smallest absolute Gasteiger partial charge is 0.0696 e. The van der Waals surface area contributed by atoms with Crippen LogP contribution in [0.2, 0.25) is 0 Å². The maximum atomic E-state index is 6.46. The molecule has 0 spiro atoms. The Bertz CT molecular complexity index is 652. The molecule has 0 saturated carbocycles. The number of nitrogens with one attached hydrogen (secondary N) is 1. The van der Waals surface area contributed by atoms with E-state index in [1.165, 1.54) is 11.1 Å². The Morgan fingerprint density at radius 2 is 1.43 bits per heavy atom. The molecule has 1 N–H and O–H groups in total. The number of hydrogen-bond donors (Lipinski definition) is 1. The molecule has 0 amide bonds. The average Bonchev–Trinajstić information content (AvgIpc) is 2.69. The molecule has 0 aliphatic carbocycles. The summed E-state index contributed by atoms with van der Waals surface area (Å²) in [6.45, 7) is 14.1. The maximum Gasteiger partial charge on any atom is 0.0696 e. The third-order valence-corrected chi connectivity index (χ3v) is 5.68. The predicted molar refractivity (Wildman–Crippen MR) is 122 cm³/mol. The summed E-state index contributed by atoms with van der Waals surface area (Å²) in [6.07, 6.45) is 0. The molecule has 2 aromatic rings. The number of rotatable bonds is 5. The van der Waals surface area contributed by atoms with Crippen molar-refractivity contribution in [2.75, 3.05) is 19.6 Å². The van der Waals surface area contributed by atoms with E-state index in [4.69, 9.17) is 11.8 Å². The Kier molecular flexibility index (Phi) is 9.46. The molecule has 1 aliphatic heterocycles. The van der Waals surface area contributed by atoms with E-state index in [9.17, 15) is 0 Å². The summed E-state index contributed by atoms with van der Waals surface area (Å²) in [5.41, 5.74) is 2.53. The number of halogens is 1. The molecule has 0 bridgehead atoms. The van der Waals surface area contributed by atoms with Crippen molar-refractivity contribution in [3.05, 3.63) is 71.8 Å². The second-order valence-corrected chi connectivity index (χ2v) is 8.27. The third kappa shape index (κ3) is 6.31. The highest BCUT2D eigenvalue weighted by Gasteiger charge is 2.32. The van der Waals surface area contributed by atoms with Gasteiger partial charge >= 0.3 is 0 Å². The summed E-state index contributed by atoms with van der Waals surface area (Å²) >= 11 is 6.46. The fourth-order valence-corrected chi connectivity index (χ4v) is 4.34. The van der Waals surface area contributed by atoms with E-state index < -0.39 is 0 Å². The number of nitrogens with zero attached hydrogens (tertiary/aromatic N) is 2. The van der Waals surface area contributed by atoms with Crippen molar-refractivity contribution in [2.45, 2.75) is 58.8 Å². The van der Waals surface area contributed by atoms with Crippen molar-refractivity contribution in [3.63, 3.8) is 0 Å². The van der Waals surface area contributed by atoms with Gasteiger partial charge < -0.3 is 5.32 Å². The van der Waals surface area contributed by atoms with Gasteiger partial charge in [-0.05, 0) is 57.1 Å². The van der Waals surface area contributed by atoms with Crippen molar-refractivity contribution in [1.29, 1.82) is 0 Å². The van der Waals surface area contributed by atoms with E-state index in [1.807, 2.05) is 16.6 Å². The van der Waals surface area contributed by atoms with Crippen LogP contribution in [0.1, 0.15) is 57.8 Å². The first kappa shape index (κ1) is 22.9. The Morgan fingerprint density at radius 3 is 1.86 bits per heavy atom. The fraction of sp³-hybridized carbons (Fsp3) is 0.500. The van der Waals surface area contributed by atoms with Gasteiger partial charge in [0.15, 0.2) is 0 Å². The fourth-order valence-electron chi connectivity index (χ4n) is 4.03. The van der Waals surface area contributed by atoms with E-state index in [1.54, 1.807) is 0 Å². The third-order valence-electron chi connectivity index (χ3n) is 5.30. The number of benzene rings is 2. The van der Waals surface area contributed by atoms with E-state index in [0.29, 0.717) is 12.1 Å². The van der Waals surface area contributed by atoms with Gasteiger partial charge in [0.2, 0.25) is 0 Å². The maximum absolute atomic E-state index is 6.46. The normalized spacial score (nSPS) is 20.3. The van der Waals surface area contributed by atoms with E-state index in [2.05, 4.69) is 93.4 Å². The number of hydrogen-bond acceptors (Lipinski definition) is 3. The van der Waals surface area contributed by atoms with Gasteiger partial charge in [0.05, 0.1) is 12.1 Å². The van der Waals surface area contributed by atoms with Crippen LogP contribution >= 0.6 is 11.8 Å². The minimum atomic E-state index is 0.166. The molecule has 2 aromatic carbocycles. The van der Waals surface area contributed by atoms with Gasteiger partial charge in [-0.15, -0.1) is 0 Å². The zero-order valence-corrected chi connectivity index (χ0v) is 18.7. The van der Waals surface area contributed by atoms with Crippen LogP contribution in [0.15, 0.2) is 60.7 Å². The second-order valence-electron chi connectivity index (χ2n) is 7.84. The second kappa shape index (κ2) is 11.6. The van der Waals surface area contributed by atoms with Crippen molar-refractivity contribution in [2.24, 2.45) is 0 Å². The molecule has 0 aromatic heterocycles. The molecule has 1 heterocycles. The standard InChI is InChI=1S/C16H17ClN2.C8H19N/c17-19-12-11-18-15(13-7-3-1-4-8-13)16(19)14-9-5-2-6-10-14;1-6-9(7(2)3)8(4)5/h1-10,15-16,18H,11-12H2;7-8H,6H2,1-5H3. The Morgan fingerprint density at radius 1 is 0.929 bits per heavy atom. The molecule has 154 valence electrons. The van der Waals surface area contributed by atoms with Crippen LogP contribution < -0.4 is 5.32 Å². The molecule has 2 unspecified atom stereocenters. The highest BCUT2D eigenvalue weighted by molar-refractivity contribution is 6.13. The highest BCUT2D eigenvalue weighted by atomic mass is 35.5. The predicted octanol–water partition coefficient (Wildman–Crippen LogP) is 5.65. The Hall–Kier alpha value is -1.39. The lowest BCUT2D eigenvalue weighted by molar-refractivity contribution is 0.185. The zero-order valence-electron chi connectivity index (χ0n) is 18.0. The van der Waals surface area contributed by atoms with E-state index >= 15 is 0 Å². The van der Waals surface area contributed by atoms with Gasteiger partial charge in [-0.3, -0.25) is 4.90 Å². The van der Waals surface area contributed by atoms with Crippen LogP contribution in [0, 0.1) is 0 Å². The first-order chi connectivity index (χ1) is 13.5. The average molecular weight is 402 g/mol. The molecule has 3 rings (SSSR count). The molecular weight excluding hydrogens is 366 g/mol. The Balaban J connectivity index is 0.000000266. The SMILES string of the molecule is CCN(C(C)C)C(C)C.ClN1CCNC(c2ccccc2)C1c1ccccc1. The van der Waals surface area contributed by atoms with Crippen LogP contribution in [-0.2, 0) is 0 Å². The summed E-state index contributed by atoms with van der Waals surface area (Å²) in [7, 11) is 0. The molecule has 1 fully saturated rings. The van der Waals surface area contributed by atoms with Gasteiger partial charge in [-0.1, -0.05) is 67.6 Å². The van der Waals surface area contributed by atoms with Crippen molar-refractivity contribution in [3.8, 4) is 0 Å². The summed E-state index contributed by atoms with van der Waals surface area (Å²) in [5, 5.41) is 3.59. The van der Waals surface area contributed by atoms with Crippen molar-refractivity contribution in [1.82, 2.24) is 14.6 Å². The van der Waals surface area contributed by atoms with Gasteiger partial charge in [0.25, 0.3) is 0 Å². The minimum absolute atomic E-state index is 0.166. The van der Waals surface area contributed by atoms with Crippen LogP contribution in [0.3, 0.4) is 0 Å². The minimum Gasteiger partial charge on any atom is -0.307 e. The first-order valence-electron chi connectivity index (χ1n) is 10.5. The zero-order chi connectivity index (χ0) is 20.5. The summed E-state index contributed by atoms with van der Waals surface area (Å²) in [6, 6.07) is 22.7. The summed E-state index contributed by atoms with van der Waals surface area (Å²) in [5.74, 6) is 0. The largest absolute Gasteiger partial charge is 0.307 e. The first-order valence-corrected chi connectivity index (χ1v) is 10.8. The summed E-state index contributed by atoms with van der Waals surface area (Å²) in [4.78, 5) is 2.46. The van der Waals surface area contributed by atoms with Gasteiger partial charge in [-0.2, -0.15) is 0 Å². The molecule has 1 saturated heterocycles. The van der Waals surface area contributed by atoms with Gasteiger partial charge in [-0.25, -0.2) is 4.42 Å². The Labute approximate surface area is 176 Å². The number of piperazine rings is 1. The van der Waals surface area contributed by atoms with Crippen LogP contribution in [0.5, 0.6) is 0 Å². The van der Waals surface area contributed by atoms with Crippen LogP contribution in [-0.4, -0.2) is 41.0 Å². The lowest BCUT2D eigenvalue weighted by atomic mass is 9.92.